The molecule has 7 heteroatoms. The first-order chi connectivity index (χ1) is 15.1. The third-order valence-electron chi connectivity index (χ3n) is 5.73. The van der Waals surface area contributed by atoms with E-state index in [-0.39, 0.29) is 5.91 Å². The number of methoxy groups -OCH3 is 1. The molecule has 0 spiro atoms. The van der Waals surface area contributed by atoms with E-state index in [1.807, 2.05) is 58.1 Å². The normalized spacial score (nSPS) is 14.6. The van der Waals surface area contributed by atoms with Crippen LogP contribution in [0.3, 0.4) is 0 Å². The Balaban J connectivity index is 1.43. The SMILES string of the molecule is CCc1c(C(=O)N2CCN(Cc3cc(Cl)ccc3OC)CC2)cnn1-c1ccccc1. The maximum absolute atomic E-state index is 13.3. The van der Waals surface area contributed by atoms with Gasteiger partial charge in [-0.25, -0.2) is 4.68 Å². The van der Waals surface area contributed by atoms with E-state index in [4.69, 9.17) is 16.3 Å². The van der Waals surface area contributed by atoms with E-state index in [0.717, 1.165) is 48.7 Å². The number of hydrogen-bond donors (Lipinski definition) is 0. The van der Waals surface area contributed by atoms with Crippen molar-refractivity contribution < 1.29 is 9.53 Å². The Morgan fingerprint density at radius 1 is 1.10 bits per heavy atom. The summed E-state index contributed by atoms with van der Waals surface area (Å²) in [7, 11) is 1.67. The van der Waals surface area contributed by atoms with E-state index in [0.29, 0.717) is 23.7 Å². The van der Waals surface area contributed by atoms with Crippen molar-refractivity contribution in [1.82, 2.24) is 19.6 Å². The van der Waals surface area contributed by atoms with Crippen molar-refractivity contribution in [3.63, 3.8) is 0 Å². The summed E-state index contributed by atoms with van der Waals surface area (Å²) in [6.07, 6.45) is 2.45. The first-order valence-electron chi connectivity index (χ1n) is 10.6. The number of rotatable bonds is 6. The molecule has 1 aromatic heterocycles. The lowest BCUT2D eigenvalue weighted by Crippen LogP contribution is -2.48. The predicted molar refractivity (Wildman–Crippen MR) is 122 cm³/mol. The number of nitrogens with zero attached hydrogens (tertiary/aromatic N) is 4. The molecule has 0 atom stereocenters. The van der Waals surface area contributed by atoms with Crippen molar-refractivity contribution in [3.05, 3.63) is 76.6 Å². The van der Waals surface area contributed by atoms with Crippen LogP contribution in [-0.4, -0.2) is 58.8 Å². The number of ether oxygens (including phenoxy) is 1. The van der Waals surface area contributed by atoms with Crippen LogP contribution in [0.25, 0.3) is 5.69 Å². The molecule has 0 bridgehead atoms. The summed E-state index contributed by atoms with van der Waals surface area (Å²) < 4.78 is 7.33. The highest BCUT2D eigenvalue weighted by molar-refractivity contribution is 6.30. The van der Waals surface area contributed by atoms with Crippen molar-refractivity contribution in [2.75, 3.05) is 33.3 Å². The average molecular weight is 439 g/mol. The molecular formula is C24H27ClN4O2. The number of hydrogen-bond acceptors (Lipinski definition) is 4. The van der Waals surface area contributed by atoms with Gasteiger partial charge in [0.2, 0.25) is 0 Å². The molecule has 2 heterocycles. The number of halogens is 1. The van der Waals surface area contributed by atoms with Crippen LogP contribution in [0.5, 0.6) is 5.75 Å². The summed E-state index contributed by atoms with van der Waals surface area (Å²) in [5.41, 5.74) is 3.67. The third kappa shape index (κ3) is 4.60. The fourth-order valence-corrected chi connectivity index (χ4v) is 4.27. The zero-order chi connectivity index (χ0) is 21.8. The number of benzene rings is 2. The van der Waals surface area contributed by atoms with Crippen LogP contribution in [0.4, 0.5) is 0 Å². The molecule has 31 heavy (non-hydrogen) atoms. The van der Waals surface area contributed by atoms with E-state index < -0.39 is 0 Å². The highest BCUT2D eigenvalue weighted by Gasteiger charge is 2.26. The molecule has 3 aromatic rings. The minimum absolute atomic E-state index is 0.0546. The van der Waals surface area contributed by atoms with E-state index in [1.54, 1.807) is 13.3 Å². The summed E-state index contributed by atoms with van der Waals surface area (Å²) in [5.74, 6) is 0.892. The molecule has 0 aliphatic carbocycles. The summed E-state index contributed by atoms with van der Waals surface area (Å²) in [6.45, 7) is 5.77. The molecule has 1 aliphatic rings. The van der Waals surface area contributed by atoms with E-state index in [1.165, 1.54) is 0 Å². The van der Waals surface area contributed by atoms with Crippen LogP contribution in [0.15, 0.2) is 54.7 Å². The molecule has 0 N–H and O–H groups in total. The first-order valence-corrected chi connectivity index (χ1v) is 10.9. The van der Waals surface area contributed by atoms with Gasteiger partial charge in [0.25, 0.3) is 5.91 Å². The van der Waals surface area contributed by atoms with Crippen LogP contribution in [-0.2, 0) is 13.0 Å². The maximum atomic E-state index is 13.3. The predicted octanol–water partition coefficient (Wildman–Crippen LogP) is 4.05. The number of amides is 1. The lowest BCUT2D eigenvalue weighted by Gasteiger charge is -2.35. The van der Waals surface area contributed by atoms with Crippen molar-refractivity contribution in [2.24, 2.45) is 0 Å². The quantitative estimate of drug-likeness (QED) is 0.582. The topological polar surface area (TPSA) is 50.6 Å². The number of piperazine rings is 1. The van der Waals surface area contributed by atoms with Crippen molar-refractivity contribution in [2.45, 2.75) is 19.9 Å². The molecular weight excluding hydrogens is 412 g/mol. The molecule has 162 valence electrons. The molecule has 0 unspecified atom stereocenters. The lowest BCUT2D eigenvalue weighted by molar-refractivity contribution is 0.0626. The third-order valence-corrected chi connectivity index (χ3v) is 5.97. The van der Waals surface area contributed by atoms with Gasteiger partial charge >= 0.3 is 0 Å². The van der Waals surface area contributed by atoms with Crippen LogP contribution < -0.4 is 4.74 Å². The lowest BCUT2D eigenvalue weighted by atomic mass is 10.1. The molecule has 6 nitrogen and oxygen atoms in total. The van der Waals surface area contributed by atoms with Crippen LogP contribution in [0, 0.1) is 0 Å². The van der Waals surface area contributed by atoms with E-state index in [9.17, 15) is 4.79 Å². The summed E-state index contributed by atoms with van der Waals surface area (Å²) in [4.78, 5) is 17.5. The Morgan fingerprint density at radius 3 is 2.52 bits per heavy atom. The second-order valence-electron chi connectivity index (χ2n) is 7.63. The fraction of sp³-hybridized carbons (Fsp3) is 0.333. The molecule has 0 saturated carbocycles. The highest BCUT2D eigenvalue weighted by Crippen LogP contribution is 2.25. The van der Waals surface area contributed by atoms with Crippen molar-refractivity contribution in [3.8, 4) is 11.4 Å². The number of para-hydroxylation sites is 1. The van der Waals surface area contributed by atoms with Gasteiger partial charge in [-0.05, 0) is 36.8 Å². The smallest absolute Gasteiger partial charge is 0.257 e. The zero-order valence-electron chi connectivity index (χ0n) is 17.9. The average Bonchev–Trinajstić information content (AvgIpc) is 3.24. The van der Waals surface area contributed by atoms with E-state index in [2.05, 4.69) is 16.9 Å². The monoisotopic (exact) mass is 438 g/mol. The van der Waals surface area contributed by atoms with Gasteiger partial charge in [0.1, 0.15) is 5.75 Å². The molecule has 2 aromatic carbocycles. The van der Waals surface area contributed by atoms with E-state index >= 15 is 0 Å². The minimum Gasteiger partial charge on any atom is -0.496 e. The van der Waals surface area contributed by atoms with Gasteiger partial charge in [-0.3, -0.25) is 9.69 Å². The summed E-state index contributed by atoms with van der Waals surface area (Å²) >= 11 is 6.16. The zero-order valence-corrected chi connectivity index (χ0v) is 18.7. The Morgan fingerprint density at radius 2 is 1.84 bits per heavy atom. The van der Waals surface area contributed by atoms with Gasteiger partial charge in [-0.2, -0.15) is 5.10 Å². The number of carbonyl (C=O) groups excluding carboxylic acids is 1. The van der Waals surface area contributed by atoms with Gasteiger partial charge in [-0.1, -0.05) is 36.7 Å². The Hall–Kier alpha value is -2.83. The van der Waals surface area contributed by atoms with Gasteiger partial charge in [-0.15, -0.1) is 0 Å². The van der Waals surface area contributed by atoms with Crippen molar-refractivity contribution >= 4 is 17.5 Å². The molecule has 4 rings (SSSR count). The largest absolute Gasteiger partial charge is 0.496 e. The Kier molecular flexibility index (Phi) is 6.59. The molecule has 1 fully saturated rings. The van der Waals surface area contributed by atoms with Gasteiger partial charge < -0.3 is 9.64 Å². The summed E-state index contributed by atoms with van der Waals surface area (Å²) in [6, 6.07) is 15.6. The molecule has 1 aliphatic heterocycles. The second-order valence-corrected chi connectivity index (χ2v) is 8.07. The summed E-state index contributed by atoms with van der Waals surface area (Å²) in [5, 5.41) is 5.20. The molecule has 1 saturated heterocycles. The van der Waals surface area contributed by atoms with Gasteiger partial charge in [0, 0.05) is 43.3 Å². The maximum Gasteiger partial charge on any atom is 0.257 e. The first kappa shape index (κ1) is 21.4. The van der Waals surface area contributed by atoms with Crippen molar-refractivity contribution in [1.29, 1.82) is 0 Å². The number of carbonyl (C=O) groups is 1. The van der Waals surface area contributed by atoms with Gasteiger partial charge in [0.15, 0.2) is 0 Å². The Labute approximate surface area is 188 Å². The second kappa shape index (κ2) is 9.54. The van der Waals surface area contributed by atoms with Gasteiger partial charge in [0.05, 0.1) is 30.3 Å². The van der Waals surface area contributed by atoms with Crippen LogP contribution in [0.2, 0.25) is 5.02 Å². The van der Waals surface area contributed by atoms with Crippen LogP contribution >= 0.6 is 11.6 Å². The molecule has 1 amide bonds. The fourth-order valence-electron chi connectivity index (χ4n) is 4.08. The van der Waals surface area contributed by atoms with Crippen LogP contribution in [0.1, 0.15) is 28.5 Å². The number of aromatic nitrogens is 2. The standard InChI is InChI=1S/C24H27ClN4O2/c1-3-22-21(16-26-29(22)20-7-5-4-6-8-20)24(30)28-13-11-27(12-14-28)17-18-15-19(25)9-10-23(18)31-2/h4-10,15-16H,3,11-14,17H2,1-2H3. The molecule has 0 radical (unpaired) electrons. The Bertz CT molecular complexity index is 1040. The highest BCUT2D eigenvalue weighted by atomic mass is 35.5. The minimum atomic E-state index is 0.0546.